The van der Waals surface area contributed by atoms with E-state index in [1.54, 1.807) is 11.6 Å². The molecule has 0 radical (unpaired) electrons. The average Bonchev–Trinajstić information content (AvgIpc) is 3.71. The Morgan fingerprint density at radius 3 is 2.35 bits per heavy atom. The van der Waals surface area contributed by atoms with E-state index in [2.05, 4.69) is 26.1 Å². The zero-order chi connectivity index (χ0) is 38.8. The number of imide groups is 1. The molecule has 55 heavy (non-hydrogen) atoms. The summed E-state index contributed by atoms with van der Waals surface area (Å²) in [7, 11) is -2.30. The summed E-state index contributed by atoms with van der Waals surface area (Å²) in [5, 5.41) is 37.6. The molecule has 0 saturated carbocycles. The minimum absolute atomic E-state index is 0. The van der Waals surface area contributed by atoms with Gasteiger partial charge in [-0.05, 0) is 23.3 Å². The van der Waals surface area contributed by atoms with Crippen LogP contribution in [-0.2, 0) is 41.0 Å². The van der Waals surface area contributed by atoms with E-state index < -0.39 is 82.0 Å². The first-order valence-electron chi connectivity index (χ1n) is 15.2. The number of carboxylic acids is 2. The van der Waals surface area contributed by atoms with Crippen LogP contribution in [0.1, 0.15) is 11.6 Å². The number of carbonyl (C=O) groups is 7. The van der Waals surface area contributed by atoms with Crippen molar-refractivity contribution in [1.29, 1.82) is 0 Å². The third kappa shape index (κ3) is 10.5. The van der Waals surface area contributed by atoms with Crippen LogP contribution in [0.25, 0.3) is 0 Å². The second-order valence-corrected chi connectivity index (χ2v) is 15.5. The van der Waals surface area contributed by atoms with E-state index in [0.29, 0.717) is 19.9 Å². The number of β-lactam (4-membered cyclic amide) rings is 1. The number of anilines is 1. The molecule has 4 heterocycles. The van der Waals surface area contributed by atoms with Gasteiger partial charge in [-0.15, -0.1) is 22.0 Å². The number of thioether (sulfide) groups is 2. The van der Waals surface area contributed by atoms with Gasteiger partial charge in [-0.2, -0.15) is 0 Å². The van der Waals surface area contributed by atoms with Gasteiger partial charge in [0.1, 0.15) is 30.4 Å². The zero-order valence-corrected chi connectivity index (χ0v) is 36.1. The molecule has 2 saturated heterocycles. The number of aryl methyl sites for hydroxylation is 1. The largest absolute Gasteiger partial charge is 1.00 e. The molecule has 4 atom stereocenters. The normalized spacial score (nSPS) is 18.9. The summed E-state index contributed by atoms with van der Waals surface area (Å²) in [5.41, 5.74) is 5.48. The summed E-state index contributed by atoms with van der Waals surface area (Å²) in [5.74, 6) is -4.63. The van der Waals surface area contributed by atoms with Crippen molar-refractivity contribution < 1.29 is 116 Å². The van der Waals surface area contributed by atoms with E-state index in [0.717, 1.165) is 11.2 Å². The number of nitrogens with one attached hydrogen (secondary N) is 3. The van der Waals surface area contributed by atoms with Gasteiger partial charge in [-0.3, -0.25) is 19.8 Å². The molecule has 2 fully saturated rings. The monoisotopic (exact) mass is 840 g/mol. The summed E-state index contributed by atoms with van der Waals surface area (Å²) in [6.45, 7) is -1.35. The number of carboxylic acid groups (broad SMARTS) is 2. The Morgan fingerprint density at radius 2 is 1.78 bits per heavy atom. The van der Waals surface area contributed by atoms with Gasteiger partial charge in [-0.25, -0.2) is 32.0 Å². The van der Waals surface area contributed by atoms with Crippen molar-refractivity contribution in [2.45, 2.75) is 28.7 Å². The first-order valence-corrected chi connectivity index (χ1v) is 19.1. The van der Waals surface area contributed by atoms with Gasteiger partial charge < -0.3 is 45.5 Å². The zero-order valence-electron chi connectivity index (χ0n) is 29.6. The molecule has 1 aromatic carbocycles. The van der Waals surface area contributed by atoms with Crippen molar-refractivity contribution in [2.75, 3.05) is 42.8 Å². The maximum Gasteiger partial charge on any atom is 1.00 e. The molecule has 1 aromatic heterocycles. The molecule has 0 aliphatic carbocycles. The fourth-order valence-electron chi connectivity index (χ4n) is 5.24. The summed E-state index contributed by atoms with van der Waals surface area (Å²) in [4.78, 5) is 89.8. The number of aliphatic carboxylic acids is 2. The molecule has 284 valence electrons. The van der Waals surface area contributed by atoms with Gasteiger partial charge in [0.15, 0.2) is 5.16 Å². The van der Waals surface area contributed by atoms with Gasteiger partial charge in [0.25, 0.3) is 5.91 Å². The Morgan fingerprint density at radius 1 is 1.11 bits per heavy atom. The summed E-state index contributed by atoms with van der Waals surface area (Å²) < 4.78 is 30.8. The smallest absolute Gasteiger partial charge is 0.548 e. The Kier molecular flexibility index (Phi) is 16.0. The summed E-state index contributed by atoms with van der Waals surface area (Å²) in [6.07, 6.45) is 1.19. The van der Waals surface area contributed by atoms with Crippen LogP contribution in [0.2, 0.25) is 0 Å². The van der Waals surface area contributed by atoms with Gasteiger partial charge in [0.2, 0.25) is 15.9 Å². The topological polar surface area (TPSA) is 312 Å². The quantitative estimate of drug-likeness (QED) is 0.0827. The Labute approximate surface area is 365 Å². The predicted molar refractivity (Wildman–Crippen MR) is 178 cm³/mol. The second-order valence-electron chi connectivity index (χ2n) is 11.6. The minimum Gasteiger partial charge on any atom is -0.548 e. The van der Waals surface area contributed by atoms with Gasteiger partial charge in [0.05, 0.1) is 43.0 Å². The number of aromatic nitrogens is 3. The van der Waals surface area contributed by atoms with E-state index in [9.17, 15) is 52.2 Å². The van der Waals surface area contributed by atoms with E-state index in [4.69, 9.17) is 10.5 Å². The number of hydrogen-bond donors (Lipinski definition) is 4. The molecule has 5 rings (SSSR count). The first-order chi connectivity index (χ1) is 25.0. The SMILES string of the molecule is Cn1cnnc1SCC1=C(C(=O)[O-])N2C(=O)[C@@H](NC(=O)[C@H](NC(=O)N3CCN(S(C)(=O)=O)C3=O)c3ccc(NC(=O)OC[C@@H](N)C(=O)[O-])cc3)[C@@H]2SC1.[Na+].[Na+]. The first kappa shape index (κ1) is 46.0. The summed E-state index contributed by atoms with van der Waals surface area (Å²) in [6, 6.07) is -1.55. The number of nitrogens with zero attached hydrogens (tertiary/aromatic N) is 6. The van der Waals surface area contributed by atoms with Gasteiger partial charge >= 0.3 is 77.3 Å². The van der Waals surface area contributed by atoms with Crippen LogP contribution < -0.4 is 91.0 Å². The molecular weight excluding hydrogens is 811 g/mol. The fourth-order valence-corrected chi connectivity index (χ4v) is 8.40. The van der Waals surface area contributed by atoms with Crippen molar-refractivity contribution in [2.24, 2.45) is 12.8 Å². The number of rotatable bonds is 13. The van der Waals surface area contributed by atoms with Crippen LogP contribution in [0.4, 0.5) is 20.1 Å². The molecule has 5 N–H and O–H groups in total. The Hall–Kier alpha value is -3.40. The molecule has 0 spiro atoms. The molecule has 7 amide bonds. The third-order valence-corrected chi connectivity index (χ3v) is 11.5. The molecule has 0 bridgehead atoms. The molecule has 2 aromatic rings. The molecule has 3 aliphatic rings. The fraction of sp³-hybridized carbons (Fsp3) is 0.393. The Balaban J connectivity index is 0.00000406. The van der Waals surface area contributed by atoms with Crippen LogP contribution in [0.3, 0.4) is 0 Å². The summed E-state index contributed by atoms with van der Waals surface area (Å²) >= 11 is 2.39. The standard InChI is InChI=1S/C28H32N10O12S3.2Na/c1-35-12-30-34-26(35)52-11-14-10-51-22-18(21(40)38(22)19(14)24(43)44)32-20(39)17(33-25(45)36-7-8-37(28(36)47)53(2,48)49)13-3-5-15(6-4-13)31-27(46)50-9-16(29)23(41)42;;/h3-6,12,16-18,22H,7-11,29H2,1-2H3,(H,31,46)(H,32,39)(H,33,45)(H,41,42)(H,43,44);;/q;2*+1/p-2/t16-,17-,18-,22+;;/m1../s1. The van der Waals surface area contributed by atoms with Crippen LogP contribution >= 0.6 is 23.5 Å². The van der Waals surface area contributed by atoms with Crippen molar-refractivity contribution in [3.63, 3.8) is 0 Å². The number of ether oxygens (including phenoxy) is 1. The third-order valence-electron chi connectivity index (χ3n) is 7.92. The van der Waals surface area contributed by atoms with Crippen molar-refractivity contribution in [3.05, 3.63) is 47.4 Å². The maximum atomic E-state index is 13.8. The molecular formula is C28H30N10Na2O12S3. The van der Waals surface area contributed by atoms with Crippen LogP contribution in [0.5, 0.6) is 0 Å². The second kappa shape index (κ2) is 19.2. The molecule has 22 nitrogen and oxygen atoms in total. The maximum absolute atomic E-state index is 13.8. The molecule has 0 unspecified atom stereocenters. The molecule has 3 aliphatic heterocycles. The van der Waals surface area contributed by atoms with Crippen molar-refractivity contribution >= 4 is 81.1 Å². The number of sulfonamides is 1. The molecule has 27 heteroatoms. The number of benzene rings is 1. The average molecular weight is 841 g/mol. The van der Waals surface area contributed by atoms with Crippen molar-refractivity contribution in [3.8, 4) is 0 Å². The number of urea groups is 2. The van der Waals surface area contributed by atoms with E-state index in [1.165, 1.54) is 54.1 Å². The van der Waals surface area contributed by atoms with Crippen LogP contribution in [-0.4, -0.2) is 134 Å². The predicted octanol–water partition coefficient (Wildman–Crippen LogP) is -9.91. The van der Waals surface area contributed by atoms with Crippen molar-refractivity contribution in [1.82, 2.24) is 39.5 Å². The van der Waals surface area contributed by atoms with Gasteiger partial charge in [-0.1, -0.05) is 23.9 Å². The minimum atomic E-state index is -4.01. The van der Waals surface area contributed by atoms with E-state index >= 15 is 0 Å². The Bertz CT molecular complexity index is 2000. The van der Waals surface area contributed by atoms with Crippen LogP contribution in [0.15, 0.2) is 47.0 Å². The van der Waals surface area contributed by atoms with E-state index in [-0.39, 0.29) is 101 Å². The number of carbonyl (C=O) groups excluding carboxylic acids is 7. The number of nitrogens with two attached hydrogens (primary N) is 1. The van der Waals surface area contributed by atoms with Crippen LogP contribution in [0, 0.1) is 0 Å². The van der Waals surface area contributed by atoms with Gasteiger partial charge in [0, 0.05) is 24.2 Å². The number of hydrogen-bond acceptors (Lipinski definition) is 17. The number of amides is 7. The number of fused-ring (bicyclic) bond motifs is 1. The van der Waals surface area contributed by atoms with E-state index in [1.807, 2.05) is 0 Å².